The van der Waals surface area contributed by atoms with Gasteiger partial charge in [-0.05, 0) is 50.6 Å². The smallest absolute Gasteiger partial charge is 0.335 e. The molecule has 9 heteroatoms. The number of methoxy groups -OCH3 is 1. The Morgan fingerprint density at radius 1 is 1.19 bits per heavy atom. The highest BCUT2D eigenvalue weighted by Gasteiger charge is 2.36. The van der Waals surface area contributed by atoms with E-state index in [1.165, 1.54) is 7.11 Å². The quantitative estimate of drug-likeness (QED) is 0.452. The standard InChI is InChI=1S/C21H22N4O3.C7H6O2/c1-5-28-21-18-17(14-7-6-13(9-22)8-15(14)27-4)16(20(23)26)12(3)25-19(18)11(2)10-24-21;8-7(9)6-4-2-1-3-5-6/h6-8,10,17,25H,5H2,1-4H3,(H2,23,26);1-5H,(H,8,9)/t17-;/m1./s1. The number of nitrogens with two attached hydrogens (primary N) is 1. The number of amides is 1. The first-order chi connectivity index (χ1) is 17.7. The number of nitrogens with one attached hydrogen (secondary N) is 1. The third kappa shape index (κ3) is 5.70. The highest BCUT2D eigenvalue weighted by atomic mass is 16.5. The van der Waals surface area contributed by atoms with Gasteiger partial charge in [-0.2, -0.15) is 5.26 Å². The van der Waals surface area contributed by atoms with Gasteiger partial charge in [0.1, 0.15) is 5.75 Å². The lowest BCUT2D eigenvalue weighted by Gasteiger charge is -2.32. The number of hydrogen-bond donors (Lipinski definition) is 3. The van der Waals surface area contributed by atoms with Crippen LogP contribution in [0, 0.1) is 18.3 Å². The van der Waals surface area contributed by atoms with Gasteiger partial charge in [-0.3, -0.25) is 4.79 Å². The number of nitrogens with zero attached hydrogens (tertiary/aromatic N) is 2. The number of carbonyl (C=O) groups is 2. The molecule has 0 spiro atoms. The van der Waals surface area contributed by atoms with Crippen molar-refractivity contribution < 1.29 is 24.2 Å². The third-order valence-electron chi connectivity index (χ3n) is 5.80. The average molecular weight is 501 g/mol. The maximum atomic E-state index is 12.4. The third-order valence-corrected chi connectivity index (χ3v) is 5.80. The van der Waals surface area contributed by atoms with Gasteiger partial charge in [-0.25, -0.2) is 9.78 Å². The van der Waals surface area contributed by atoms with Crippen molar-refractivity contribution in [3.05, 3.63) is 93.8 Å². The van der Waals surface area contributed by atoms with Crippen molar-refractivity contribution in [3.8, 4) is 17.7 Å². The molecular weight excluding hydrogens is 472 g/mol. The normalized spacial score (nSPS) is 13.8. The Hall–Kier alpha value is -4.84. The maximum absolute atomic E-state index is 12.4. The van der Waals surface area contributed by atoms with E-state index in [1.54, 1.807) is 54.7 Å². The van der Waals surface area contributed by atoms with E-state index in [4.69, 9.17) is 20.3 Å². The number of aromatic carboxylic acids is 1. The molecule has 1 aromatic heterocycles. The molecule has 1 amide bonds. The van der Waals surface area contributed by atoms with Crippen LogP contribution in [-0.4, -0.2) is 35.7 Å². The molecule has 3 aromatic rings. The molecule has 2 heterocycles. The summed E-state index contributed by atoms with van der Waals surface area (Å²) >= 11 is 0. The minimum absolute atomic E-state index is 0.331. The Balaban J connectivity index is 0.000000356. The SMILES string of the molecule is CCOc1ncc(C)c2c1[C@H](c1ccc(C#N)cc1OC)C(C(N)=O)=C(C)N2.O=C(O)c1ccccc1. The minimum atomic E-state index is -0.879. The van der Waals surface area contributed by atoms with Gasteiger partial charge in [-0.15, -0.1) is 0 Å². The number of fused-ring (bicyclic) bond motifs is 1. The molecule has 0 radical (unpaired) electrons. The molecule has 1 aliphatic rings. The fourth-order valence-corrected chi connectivity index (χ4v) is 4.15. The van der Waals surface area contributed by atoms with E-state index < -0.39 is 17.8 Å². The first-order valence-corrected chi connectivity index (χ1v) is 11.5. The number of rotatable bonds is 6. The molecule has 37 heavy (non-hydrogen) atoms. The predicted octanol–water partition coefficient (Wildman–Crippen LogP) is 4.37. The van der Waals surface area contributed by atoms with E-state index in [0.717, 1.165) is 16.8 Å². The number of hydrogen-bond acceptors (Lipinski definition) is 7. The van der Waals surface area contributed by atoms with Crippen LogP contribution in [0.15, 0.2) is 66.0 Å². The zero-order chi connectivity index (χ0) is 27.1. The van der Waals surface area contributed by atoms with Gasteiger partial charge in [0.2, 0.25) is 11.8 Å². The Morgan fingerprint density at radius 3 is 2.43 bits per heavy atom. The van der Waals surface area contributed by atoms with Crippen LogP contribution in [0.2, 0.25) is 0 Å². The molecule has 4 rings (SSSR count). The summed E-state index contributed by atoms with van der Waals surface area (Å²) in [5, 5.41) is 20.9. The molecule has 0 fully saturated rings. The summed E-state index contributed by atoms with van der Waals surface area (Å²) in [6.45, 7) is 6.04. The molecule has 4 N–H and O–H groups in total. The topological polar surface area (TPSA) is 148 Å². The largest absolute Gasteiger partial charge is 0.496 e. The second-order valence-electron chi connectivity index (χ2n) is 8.17. The van der Waals surface area contributed by atoms with Crippen molar-refractivity contribution in [2.75, 3.05) is 19.0 Å². The number of carboxylic acid groups (broad SMARTS) is 1. The van der Waals surface area contributed by atoms with Crippen LogP contribution in [0.1, 0.15) is 52.4 Å². The molecule has 0 bridgehead atoms. The molecule has 0 unspecified atom stereocenters. The second kappa shape index (κ2) is 11.7. The van der Waals surface area contributed by atoms with Crippen molar-refractivity contribution in [1.82, 2.24) is 4.98 Å². The number of anilines is 1. The van der Waals surface area contributed by atoms with Crippen molar-refractivity contribution in [3.63, 3.8) is 0 Å². The summed E-state index contributed by atoms with van der Waals surface area (Å²) < 4.78 is 11.3. The van der Waals surface area contributed by atoms with Crippen LogP contribution in [0.5, 0.6) is 11.6 Å². The van der Waals surface area contributed by atoms with Crippen molar-refractivity contribution in [1.29, 1.82) is 5.26 Å². The lowest BCUT2D eigenvalue weighted by atomic mass is 9.79. The molecule has 2 aromatic carbocycles. The summed E-state index contributed by atoms with van der Waals surface area (Å²) in [5.74, 6) is -1.04. The molecule has 9 nitrogen and oxygen atoms in total. The first kappa shape index (κ1) is 26.8. The monoisotopic (exact) mass is 500 g/mol. The zero-order valence-electron chi connectivity index (χ0n) is 21.0. The van der Waals surface area contributed by atoms with E-state index in [2.05, 4.69) is 16.4 Å². The number of ether oxygens (including phenoxy) is 2. The molecule has 0 saturated heterocycles. The van der Waals surface area contributed by atoms with Crippen LogP contribution >= 0.6 is 0 Å². The lowest BCUT2D eigenvalue weighted by molar-refractivity contribution is -0.114. The summed E-state index contributed by atoms with van der Waals surface area (Å²) in [6, 6.07) is 15.5. The number of allylic oxidation sites excluding steroid dienone is 1. The number of aryl methyl sites for hydroxylation is 1. The molecule has 0 aliphatic carbocycles. The van der Waals surface area contributed by atoms with Gasteiger partial charge in [0.05, 0.1) is 48.1 Å². The molecule has 190 valence electrons. The predicted molar refractivity (Wildman–Crippen MR) is 139 cm³/mol. The Morgan fingerprint density at radius 2 is 1.89 bits per heavy atom. The van der Waals surface area contributed by atoms with Gasteiger partial charge in [0.25, 0.3) is 0 Å². The van der Waals surface area contributed by atoms with Crippen LogP contribution < -0.4 is 20.5 Å². The highest BCUT2D eigenvalue weighted by Crippen LogP contribution is 2.48. The number of carboxylic acids is 1. The van der Waals surface area contributed by atoms with Crippen molar-refractivity contribution >= 4 is 17.6 Å². The van der Waals surface area contributed by atoms with Gasteiger partial charge < -0.3 is 25.6 Å². The van der Waals surface area contributed by atoms with Gasteiger partial charge >= 0.3 is 5.97 Å². The number of primary amides is 1. The minimum Gasteiger partial charge on any atom is -0.496 e. The highest BCUT2D eigenvalue weighted by molar-refractivity contribution is 5.98. The fraction of sp³-hybridized carbons (Fsp3) is 0.214. The number of benzene rings is 2. The summed E-state index contributed by atoms with van der Waals surface area (Å²) in [4.78, 5) is 27.0. The summed E-state index contributed by atoms with van der Waals surface area (Å²) in [6.07, 6.45) is 1.73. The summed E-state index contributed by atoms with van der Waals surface area (Å²) in [5.41, 5.74) is 10.8. The molecule has 1 aliphatic heterocycles. The zero-order valence-corrected chi connectivity index (χ0v) is 21.0. The van der Waals surface area contributed by atoms with Crippen LogP contribution in [0.25, 0.3) is 0 Å². The van der Waals surface area contributed by atoms with Crippen LogP contribution in [0.4, 0.5) is 5.69 Å². The maximum Gasteiger partial charge on any atom is 0.335 e. The average Bonchev–Trinajstić information content (AvgIpc) is 2.90. The molecular formula is C28H28N4O5. The Bertz CT molecular complexity index is 1390. The van der Waals surface area contributed by atoms with E-state index in [0.29, 0.717) is 46.2 Å². The molecule has 0 saturated carbocycles. The second-order valence-corrected chi connectivity index (χ2v) is 8.17. The van der Waals surface area contributed by atoms with E-state index >= 15 is 0 Å². The number of aromatic nitrogens is 1. The van der Waals surface area contributed by atoms with E-state index in [1.807, 2.05) is 20.8 Å². The van der Waals surface area contributed by atoms with Gasteiger partial charge in [0.15, 0.2) is 0 Å². The van der Waals surface area contributed by atoms with Gasteiger partial charge in [0, 0.05) is 23.0 Å². The fourth-order valence-electron chi connectivity index (χ4n) is 4.15. The first-order valence-electron chi connectivity index (χ1n) is 11.5. The number of pyridine rings is 1. The van der Waals surface area contributed by atoms with Crippen LogP contribution in [0.3, 0.4) is 0 Å². The Kier molecular flexibility index (Phi) is 8.48. The van der Waals surface area contributed by atoms with Crippen molar-refractivity contribution in [2.45, 2.75) is 26.7 Å². The van der Waals surface area contributed by atoms with E-state index in [-0.39, 0.29) is 0 Å². The number of nitriles is 1. The molecule has 1 atom stereocenters. The summed E-state index contributed by atoms with van der Waals surface area (Å²) in [7, 11) is 1.53. The van der Waals surface area contributed by atoms with Crippen molar-refractivity contribution in [2.24, 2.45) is 5.73 Å². The van der Waals surface area contributed by atoms with Gasteiger partial charge in [-0.1, -0.05) is 24.3 Å². The van der Waals surface area contributed by atoms with Crippen LogP contribution in [-0.2, 0) is 4.79 Å². The lowest BCUT2D eigenvalue weighted by Crippen LogP contribution is -2.28. The number of carbonyl (C=O) groups excluding carboxylic acids is 1. The van der Waals surface area contributed by atoms with E-state index in [9.17, 15) is 14.9 Å². The Labute approximate surface area is 215 Å².